The SMILES string of the molecule is CCCCCCN(CCO)C(=O)c1nonc1N. The fourth-order valence-electron chi connectivity index (χ4n) is 1.66. The summed E-state index contributed by atoms with van der Waals surface area (Å²) in [7, 11) is 0. The van der Waals surface area contributed by atoms with Crippen molar-refractivity contribution in [1.82, 2.24) is 15.2 Å². The Kier molecular flexibility index (Phi) is 6.13. The van der Waals surface area contributed by atoms with E-state index in [2.05, 4.69) is 21.9 Å². The van der Waals surface area contributed by atoms with Crippen LogP contribution in [0.3, 0.4) is 0 Å². The molecule has 0 atom stereocenters. The van der Waals surface area contributed by atoms with Gasteiger partial charge in [0.05, 0.1) is 6.61 Å². The average molecular weight is 256 g/mol. The summed E-state index contributed by atoms with van der Waals surface area (Å²) in [6.45, 7) is 2.87. The van der Waals surface area contributed by atoms with E-state index in [1.54, 1.807) is 0 Å². The molecule has 0 aliphatic rings. The summed E-state index contributed by atoms with van der Waals surface area (Å²) in [5.74, 6) is -0.365. The van der Waals surface area contributed by atoms with E-state index < -0.39 is 0 Å². The predicted octanol–water partition coefficient (Wildman–Crippen LogP) is 0.667. The normalized spacial score (nSPS) is 10.6. The summed E-state index contributed by atoms with van der Waals surface area (Å²) in [4.78, 5) is 13.6. The third-order valence-corrected chi connectivity index (χ3v) is 2.66. The molecule has 7 heteroatoms. The molecular weight excluding hydrogens is 236 g/mol. The van der Waals surface area contributed by atoms with E-state index in [1.807, 2.05) is 0 Å². The highest BCUT2D eigenvalue weighted by Gasteiger charge is 2.21. The number of aromatic nitrogens is 2. The summed E-state index contributed by atoms with van der Waals surface area (Å²) < 4.78 is 4.40. The number of amides is 1. The molecular formula is C11H20N4O3. The highest BCUT2D eigenvalue weighted by molar-refractivity contribution is 5.96. The van der Waals surface area contributed by atoms with E-state index in [1.165, 1.54) is 4.90 Å². The Balaban J connectivity index is 2.55. The zero-order chi connectivity index (χ0) is 13.4. The van der Waals surface area contributed by atoms with Crippen LogP contribution in [0.5, 0.6) is 0 Å². The van der Waals surface area contributed by atoms with Crippen LogP contribution in [0.2, 0.25) is 0 Å². The fourth-order valence-corrected chi connectivity index (χ4v) is 1.66. The van der Waals surface area contributed by atoms with Crippen molar-refractivity contribution in [3.63, 3.8) is 0 Å². The van der Waals surface area contributed by atoms with Gasteiger partial charge in [-0.05, 0) is 16.7 Å². The fraction of sp³-hybridized carbons (Fsp3) is 0.727. The topological polar surface area (TPSA) is 105 Å². The molecule has 0 unspecified atom stereocenters. The number of aliphatic hydroxyl groups is 1. The van der Waals surface area contributed by atoms with Gasteiger partial charge >= 0.3 is 0 Å². The molecule has 0 radical (unpaired) electrons. The van der Waals surface area contributed by atoms with Gasteiger partial charge in [0.25, 0.3) is 5.91 Å². The smallest absolute Gasteiger partial charge is 0.280 e. The number of anilines is 1. The zero-order valence-corrected chi connectivity index (χ0v) is 10.6. The highest BCUT2D eigenvalue weighted by atomic mass is 16.6. The predicted molar refractivity (Wildman–Crippen MR) is 65.8 cm³/mol. The number of rotatable bonds is 8. The Morgan fingerprint density at radius 1 is 1.33 bits per heavy atom. The summed E-state index contributed by atoms with van der Waals surface area (Å²) in [5, 5.41) is 15.8. The van der Waals surface area contributed by atoms with Crippen LogP contribution in [0.4, 0.5) is 5.82 Å². The molecule has 0 fully saturated rings. The van der Waals surface area contributed by atoms with Crippen LogP contribution in [-0.2, 0) is 0 Å². The van der Waals surface area contributed by atoms with E-state index >= 15 is 0 Å². The van der Waals surface area contributed by atoms with Gasteiger partial charge in [-0.15, -0.1) is 0 Å². The van der Waals surface area contributed by atoms with Crippen LogP contribution in [0.25, 0.3) is 0 Å². The Morgan fingerprint density at radius 2 is 2.11 bits per heavy atom. The van der Waals surface area contributed by atoms with Crippen molar-refractivity contribution >= 4 is 11.7 Å². The largest absolute Gasteiger partial charge is 0.395 e. The van der Waals surface area contributed by atoms with Crippen molar-refractivity contribution in [2.24, 2.45) is 0 Å². The molecule has 3 N–H and O–H groups in total. The van der Waals surface area contributed by atoms with E-state index in [9.17, 15) is 4.79 Å². The molecule has 0 saturated heterocycles. The average Bonchev–Trinajstić information content (AvgIpc) is 2.78. The molecule has 0 saturated carbocycles. The molecule has 0 spiro atoms. The molecule has 18 heavy (non-hydrogen) atoms. The number of nitrogen functional groups attached to an aromatic ring is 1. The number of hydrogen-bond acceptors (Lipinski definition) is 6. The lowest BCUT2D eigenvalue weighted by atomic mass is 10.2. The molecule has 0 aliphatic heterocycles. The van der Waals surface area contributed by atoms with Crippen molar-refractivity contribution in [3.05, 3.63) is 5.69 Å². The van der Waals surface area contributed by atoms with Gasteiger partial charge in [-0.25, -0.2) is 4.63 Å². The van der Waals surface area contributed by atoms with Gasteiger partial charge in [0.1, 0.15) is 0 Å². The lowest BCUT2D eigenvalue weighted by Crippen LogP contribution is -2.35. The molecule has 102 valence electrons. The van der Waals surface area contributed by atoms with Crippen LogP contribution >= 0.6 is 0 Å². The van der Waals surface area contributed by atoms with Gasteiger partial charge < -0.3 is 15.7 Å². The number of nitrogens with two attached hydrogens (primary N) is 1. The standard InChI is InChI=1S/C11H20N4O3/c1-2-3-4-5-6-15(7-8-16)11(17)9-10(12)14-18-13-9/h16H,2-8H2,1H3,(H2,12,14). The minimum absolute atomic E-state index is 0.0129. The quantitative estimate of drug-likeness (QED) is 0.662. The second-order valence-corrected chi connectivity index (χ2v) is 4.07. The van der Waals surface area contributed by atoms with Gasteiger partial charge in [-0.3, -0.25) is 4.79 Å². The van der Waals surface area contributed by atoms with Crippen LogP contribution in [0.15, 0.2) is 4.63 Å². The maximum absolute atomic E-state index is 12.1. The van der Waals surface area contributed by atoms with Crippen molar-refractivity contribution in [3.8, 4) is 0 Å². The molecule has 1 aromatic heterocycles. The van der Waals surface area contributed by atoms with Crippen molar-refractivity contribution in [2.45, 2.75) is 32.6 Å². The monoisotopic (exact) mass is 256 g/mol. The van der Waals surface area contributed by atoms with Crippen LogP contribution in [0.1, 0.15) is 43.1 Å². The van der Waals surface area contributed by atoms with Crippen molar-refractivity contribution in [1.29, 1.82) is 0 Å². The third-order valence-electron chi connectivity index (χ3n) is 2.66. The van der Waals surface area contributed by atoms with Gasteiger partial charge in [-0.2, -0.15) is 0 Å². The highest BCUT2D eigenvalue weighted by Crippen LogP contribution is 2.10. The first-order valence-corrected chi connectivity index (χ1v) is 6.18. The van der Waals surface area contributed by atoms with E-state index in [-0.39, 0.29) is 30.6 Å². The molecule has 0 aliphatic carbocycles. The van der Waals surface area contributed by atoms with Crippen molar-refractivity contribution in [2.75, 3.05) is 25.4 Å². The second kappa shape index (κ2) is 7.65. The molecule has 1 heterocycles. The second-order valence-electron chi connectivity index (χ2n) is 4.07. The maximum Gasteiger partial charge on any atom is 0.280 e. The Labute approximate surface area is 106 Å². The third kappa shape index (κ3) is 3.99. The van der Waals surface area contributed by atoms with Crippen LogP contribution in [-0.4, -0.2) is 45.9 Å². The van der Waals surface area contributed by atoms with Gasteiger partial charge in [0.2, 0.25) is 11.5 Å². The zero-order valence-electron chi connectivity index (χ0n) is 10.6. The molecule has 0 aromatic carbocycles. The first kappa shape index (κ1) is 14.4. The molecule has 1 amide bonds. The molecule has 7 nitrogen and oxygen atoms in total. The number of nitrogens with zero attached hydrogens (tertiary/aromatic N) is 3. The van der Waals surface area contributed by atoms with Crippen LogP contribution < -0.4 is 5.73 Å². The lowest BCUT2D eigenvalue weighted by Gasteiger charge is -2.20. The number of unbranched alkanes of at least 4 members (excludes halogenated alkanes) is 3. The van der Waals surface area contributed by atoms with Crippen LogP contribution in [0, 0.1) is 0 Å². The summed E-state index contributed by atoms with van der Waals surface area (Å²) >= 11 is 0. The van der Waals surface area contributed by atoms with E-state index in [0.29, 0.717) is 6.54 Å². The minimum atomic E-state index is -0.348. The first-order chi connectivity index (χ1) is 8.70. The Morgan fingerprint density at radius 3 is 2.67 bits per heavy atom. The summed E-state index contributed by atoms with van der Waals surface area (Å²) in [6, 6.07) is 0. The Hall–Kier alpha value is -1.63. The van der Waals surface area contributed by atoms with Gasteiger partial charge in [-0.1, -0.05) is 26.2 Å². The summed E-state index contributed by atoms with van der Waals surface area (Å²) in [6.07, 6.45) is 4.21. The molecule has 0 bridgehead atoms. The minimum Gasteiger partial charge on any atom is -0.395 e. The number of carbonyl (C=O) groups is 1. The lowest BCUT2D eigenvalue weighted by molar-refractivity contribution is 0.0708. The Bertz CT molecular complexity index is 367. The molecule has 1 aromatic rings. The maximum atomic E-state index is 12.1. The van der Waals surface area contributed by atoms with E-state index in [4.69, 9.17) is 10.8 Å². The molecule has 1 rings (SSSR count). The van der Waals surface area contributed by atoms with Gasteiger partial charge in [0.15, 0.2) is 0 Å². The summed E-state index contributed by atoms with van der Waals surface area (Å²) in [5.41, 5.74) is 5.49. The number of aliphatic hydroxyl groups excluding tert-OH is 1. The van der Waals surface area contributed by atoms with Crippen molar-refractivity contribution < 1.29 is 14.5 Å². The van der Waals surface area contributed by atoms with Gasteiger partial charge in [0, 0.05) is 13.1 Å². The van der Waals surface area contributed by atoms with E-state index in [0.717, 1.165) is 25.7 Å². The number of hydrogen-bond donors (Lipinski definition) is 2. The first-order valence-electron chi connectivity index (χ1n) is 6.18. The number of carbonyl (C=O) groups excluding carboxylic acids is 1.